The topological polar surface area (TPSA) is 52.6 Å². The van der Waals surface area contributed by atoms with E-state index in [0.29, 0.717) is 11.3 Å². The number of fused-ring (bicyclic) bond motifs is 1. The first-order valence-corrected chi connectivity index (χ1v) is 8.20. The average molecular weight is 342 g/mol. The summed E-state index contributed by atoms with van der Waals surface area (Å²) >= 11 is 0. The van der Waals surface area contributed by atoms with Gasteiger partial charge in [0.2, 0.25) is 5.78 Å². The smallest absolute Gasteiger partial charge is 0.341 e. The minimum absolute atomic E-state index is 0.227. The molecule has 3 rings (SSSR count). The highest BCUT2D eigenvalue weighted by Crippen LogP contribution is 2.24. The Balaban J connectivity index is 1.72. The monoisotopic (exact) mass is 342 g/mol. The molecule has 1 aliphatic carbocycles. The van der Waals surface area contributed by atoms with E-state index in [9.17, 15) is 14.0 Å². The van der Waals surface area contributed by atoms with Crippen molar-refractivity contribution in [2.75, 3.05) is 7.11 Å². The van der Waals surface area contributed by atoms with Crippen LogP contribution in [0, 0.1) is 5.82 Å². The van der Waals surface area contributed by atoms with E-state index in [4.69, 9.17) is 9.47 Å². The molecule has 0 amide bonds. The molecule has 4 nitrogen and oxygen atoms in total. The first-order chi connectivity index (χ1) is 12.0. The van der Waals surface area contributed by atoms with Crippen LogP contribution < -0.4 is 4.74 Å². The molecule has 1 aliphatic rings. The Morgan fingerprint density at radius 3 is 2.56 bits per heavy atom. The van der Waals surface area contributed by atoms with Crippen LogP contribution in [0.5, 0.6) is 5.75 Å². The van der Waals surface area contributed by atoms with Gasteiger partial charge in [0.15, 0.2) is 6.10 Å². The quantitative estimate of drug-likeness (QED) is 0.613. The maximum atomic E-state index is 13.9. The second kappa shape index (κ2) is 7.05. The number of hydrogen-bond acceptors (Lipinski definition) is 4. The third-order valence-corrected chi connectivity index (χ3v) is 4.43. The molecule has 2 aromatic rings. The lowest BCUT2D eigenvalue weighted by atomic mass is 10.0. The van der Waals surface area contributed by atoms with Gasteiger partial charge in [0.1, 0.15) is 11.6 Å². The van der Waals surface area contributed by atoms with Crippen molar-refractivity contribution in [3.05, 3.63) is 64.5 Å². The number of carbonyl (C=O) groups is 2. The number of ketones is 1. The number of methoxy groups -OCH3 is 1. The number of halogens is 1. The molecule has 25 heavy (non-hydrogen) atoms. The second-order valence-electron chi connectivity index (χ2n) is 6.09. The fourth-order valence-electron chi connectivity index (χ4n) is 3.03. The van der Waals surface area contributed by atoms with Crippen molar-refractivity contribution in [3.8, 4) is 5.75 Å². The molecule has 5 heteroatoms. The molecule has 0 aliphatic heterocycles. The van der Waals surface area contributed by atoms with Gasteiger partial charge >= 0.3 is 5.97 Å². The van der Waals surface area contributed by atoms with Crippen LogP contribution in [0.25, 0.3) is 0 Å². The lowest BCUT2D eigenvalue weighted by Crippen LogP contribution is -2.25. The summed E-state index contributed by atoms with van der Waals surface area (Å²) in [6.45, 7) is 1.49. The van der Waals surface area contributed by atoms with Gasteiger partial charge in [-0.1, -0.05) is 12.1 Å². The Kier molecular flexibility index (Phi) is 4.83. The van der Waals surface area contributed by atoms with Gasteiger partial charge in [0.25, 0.3) is 0 Å². The van der Waals surface area contributed by atoms with E-state index in [2.05, 4.69) is 0 Å². The Labute approximate surface area is 145 Å². The third-order valence-electron chi connectivity index (χ3n) is 4.43. The van der Waals surface area contributed by atoms with E-state index in [1.165, 1.54) is 37.3 Å². The Morgan fingerprint density at radius 1 is 1.08 bits per heavy atom. The molecule has 0 fully saturated rings. The first-order valence-electron chi connectivity index (χ1n) is 8.20. The standard InChI is InChI=1S/C20H19FO4/c1-12(19(22)15-7-6-13-4-3-5-14(13)10-15)25-20(23)17-9-8-16(24-2)11-18(17)21/h6-12H,3-5H2,1-2H3/t12-/m0/s1. The number of benzene rings is 2. The van der Waals surface area contributed by atoms with Gasteiger partial charge in [0.05, 0.1) is 12.7 Å². The summed E-state index contributed by atoms with van der Waals surface area (Å²) in [7, 11) is 1.41. The van der Waals surface area contributed by atoms with Crippen LogP contribution in [0.15, 0.2) is 36.4 Å². The van der Waals surface area contributed by atoms with E-state index in [1.807, 2.05) is 12.1 Å². The number of rotatable bonds is 5. The van der Waals surface area contributed by atoms with Crippen LogP contribution in [0.2, 0.25) is 0 Å². The molecule has 0 heterocycles. The third kappa shape index (κ3) is 3.55. The van der Waals surface area contributed by atoms with E-state index in [1.54, 1.807) is 6.07 Å². The van der Waals surface area contributed by atoms with Crippen molar-refractivity contribution in [3.63, 3.8) is 0 Å². The predicted molar refractivity (Wildman–Crippen MR) is 90.6 cm³/mol. The molecule has 0 aromatic heterocycles. The first kappa shape index (κ1) is 17.1. The summed E-state index contributed by atoms with van der Waals surface area (Å²) in [6.07, 6.45) is 2.09. The van der Waals surface area contributed by atoms with Crippen molar-refractivity contribution >= 4 is 11.8 Å². The zero-order valence-corrected chi connectivity index (χ0v) is 14.2. The number of Topliss-reactive ketones (excluding diaryl/α,β-unsaturated/α-hetero) is 1. The highest BCUT2D eigenvalue weighted by Gasteiger charge is 2.23. The lowest BCUT2D eigenvalue weighted by molar-refractivity contribution is 0.0314. The van der Waals surface area contributed by atoms with Crippen LogP contribution in [-0.4, -0.2) is 25.0 Å². The van der Waals surface area contributed by atoms with Crippen molar-refractivity contribution in [1.29, 1.82) is 0 Å². The van der Waals surface area contributed by atoms with Gasteiger partial charge in [-0.05, 0) is 55.5 Å². The average Bonchev–Trinajstić information content (AvgIpc) is 3.08. The van der Waals surface area contributed by atoms with Crippen LogP contribution >= 0.6 is 0 Å². The molecule has 0 saturated carbocycles. The molecule has 0 saturated heterocycles. The number of esters is 1. The van der Waals surface area contributed by atoms with E-state index >= 15 is 0 Å². The Morgan fingerprint density at radius 2 is 1.84 bits per heavy atom. The SMILES string of the molecule is COc1ccc(C(=O)O[C@@H](C)C(=O)c2ccc3c(c2)CCC3)c(F)c1. The van der Waals surface area contributed by atoms with Crippen LogP contribution in [0.4, 0.5) is 4.39 Å². The normalized spacial score (nSPS) is 13.9. The molecule has 0 bridgehead atoms. The fraction of sp³-hybridized carbons (Fsp3) is 0.300. The molecule has 1 atom stereocenters. The van der Waals surface area contributed by atoms with E-state index < -0.39 is 17.9 Å². The zero-order chi connectivity index (χ0) is 18.0. The summed E-state index contributed by atoms with van der Waals surface area (Å²) < 4.78 is 24.0. The lowest BCUT2D eigenvalue weighted by Gasteiger charge is -2.14. The van der Waals surface area contributed by atoms with Gasteiger partial charge in [-0.15, -0.1) is 0 Å². The van der Waals surface area contributed by atoms with Gasteiger partial charge in [-0.25, -0.2) is 9.18 Å². The molecule has 2 aromatic carbocycles. The highest BCUT2D eigenvalue weighted by atomic mass is 19.1. The van der Waals surface area contributed by atoms with Crippen LogP contribution in [-0.2, 0) is 17.6 Å². The summed E-state index contributed by atoms with van der Waals surface area (Å²) in [6, 6.07) is 9.42. The van der Waals surface area contributed by atoms with Gasteiger partial charge in [-0.2, -0.15) is 0 Å². The number of hydrogen-bond donors (Lipinski definition) is 0. The van der Waals surface area contributed by atoms with Crippen molar-refractivity contribution in [1.82, 2.24) is 0 Å². The molecule has 130 valence electrons. The summed E-state index contributed by atoms with van der Waals surface area (Å²) in [5, 5.41) is 0. The maximum absolute atomic E-state index is 13.9. The molecule has 0 N–H and O–H groups in total. The fourth-order valence-corrected chi connectivity index (χ4v) is 3.03. The van der Waals surface area contributed by atoms with Gasteiger partial charge < -0.3 is 9.47 Å². The largest absolute Gasteiger partial charge is 0.497 e. The summed E-state index contributed by atoms with van der Waals surface area (Å²) in [5.41, 5.74) is 2.72. The molecule has 0 unspecified atom stereocenters. The maximum Gasteiger partial charge on any atom is 0.341 e. The second-order valence-corrected chi connectivity index (χ2v) is 6.09. The zero-order valence-electron chi connectivity index (χ0n) is 14.2. The molecular weight excluding hydrogens is 323 g/mol. The Bertz CT molecular complexity index is 828. The van der Waals surface area contributed by atoms with Crippen LogP contribution in [0.3, 0.4) is 0 Å². The number of carbonyl (C=O) groups excluding carboxylic acids is 2. The number of aryl methyl sites for hydroxylation is 2. The minimum Gasteiger partial charge on any atom is -0.497 e. The van der Waals surface area contributed by atoms with Crippen LogP contribution in [0.1, 0.15) is 45.2 Å². The van der Waals surface area contributed by atoms with Crippen molar-refractivity contribution in [2.24, 2.45) is 0 Å². The molecule has 0 radical (unpaired) electrons. The van der Waals surface area contributed by atoms with Gasteiger partial charge in [-0.3, -0.25) is 4.79 Å². The highest BCUT2D eigenvalue weighted by molar-refractivity contribution is 6.01. The summed E-state index contributed by atoms with van der Waals surface area (Å²) in [5.74, 6) is -1.61. The predicted octanol–water partition coefficient (Wildman–Crippen LogP) is 3.75. The minimum atomic E-state index is -0.992. The van der Waals surface area contributed by atoms with Gasteiger partial charge in [0, 0.05) is 11.6 Å². The summed E-state index contributed by atoms with van der Waals surface area (Å²) in [4.78, 5) is 24.6. The molecular formula is C20H19FO4. The van der Waals surface area contributed by atoms with Crippen molar-refractivity contribution in [2.45, 2.75) is 32.3 Å². The molecule has 0 spiro atoms. The van der Waals surface area contributed by atoms with E-state index in [-0.39, 0.29) is 11.3 Å². The Hall–Kier alpha value is -2.69. The number of ether oxygens (including phenoxy) is 2. The van der Waals surface area contributed by atoms with E-state index in [0.717, 1.165) is 25.3 Å². The van der Waals surface area contributed by atoms with Crippen molar-refractivity contribution < 1.29 is 23.5 Å².